The zero-order chi connectivity index (χ0) is 13.8. The molecule has 1 unspecified atom stereocenters. The number of halogens is 2. The van der Waals surface area contributed by atoms with E-state index in [0.29, 0.717) is 12.8 Å². The highest BCUT2D eigenvalue weighted by Gasteiger charge is 2.24. The monoisotopic (exact) mass is 258 g/mol. The Hall–Kier alpha value is -1.69. The second-order valence-electron chi connectivity index (χ2n) is 4.29. The SMILES string of the molecule is CC(N)(CCCOc1cccc(F)c1F)C(N)=O. The zero-order valence-electron chi connectivity index (χ0n) is 10.1. The van der Waals surface area contributed by atoms with E-state index >= 15 is 0 Å². The maximum atomic E-state index is 13.2. The minimum atomic E-state index is -1.12. The second-order valence-corrected chi connectivity index (χ2v) is 4.29. The molecule has 18 heavy (non-hydrogen) atoms. The number of ether oxygens (including phenoxy) is 1. The van der Waals surface area contributed by atoms with E-state index in [0.717, 1.165) is 6.07 Å². The molecule has 6 heteroatoms. The summed E-state index contributed by atoms with van der Waals surface area (Å²) in [5.74, 6) is -2.76. The Labute approximate surface area is 104 Å². The van der Waals surface area contributed by atoms with Crippen LogP contribution >= 0.6 is 0 Å². The largest absolute Gasteiger partial charge is 0.490 e. The quantitative estimate of drug-likeness (QED) is 0.755. The maximum absolute atomic E-state index is 13.2. The van der Waals surface area contributed by atoms with Crippen LogP contribution in [0.2, 0.25) is 0 Å². The van der Waals surface area contributed by atoms with Crippen molar-refractivity contribution in [3.8, 4) is 5.75 Å². The van der Waals surface area contributed by atoms with Gasteiger partial charge < -0.3 is 16.2 Å². The Morgan fingerprint density at radius 1 is 1.44 bits per heavy atom. The summed E-state index contributed by atoms with van der Waals surface area (Å²) in [5.41, 5.74) is 9.60. The van der Waals surface area contributed by atoms with Crippen molar-refractivity contribution < 1.29 is 18.3 Å². The lowest BCUT2D eigenvalue weighted by atomic mass is 9.97. The number of benzene rings is 1. The summed E-state index contributed by atoms with van der Waals surface area (Å²) >= 11 is 0. The Morgan fingerprint density at radius 2 is 2.11 bits per heavy atom. The number of amides is 1. The molecule has 0 bridgehead atoms. The van der Waals surface area contributed by atoms with Crippen molar-refractivity contribution in [3.05, 3.63) is 29.8 Å². The fourth-order valence-corrected chi connectivity index (χ4v) is 1.34. The van der Waals surface area contributed by atoms with Crippen molar-refractivity contribution in [1.82, 2.24) is 0 Å². The zero-order valence-corrected chi connectivity index (χ0v) is 10.1. The van der Waals surface area contributed by atoms with Gasteiger partial charge in [0.05, 0.1) is 12.1 Å². The van der Waals surface area contributed by atoms with Gasteiger partial charge in [-0.05, 0) is 31.9 Å². The minimum Gasteiger partial charge on any atom is -0.490 e. The first-order valence-electron chi connectivity index (χ1n) is 5.50. The van der Waals surface area contributed by atoms with Crippen LogP contribution in [0.5, 0.6) is 5.75 Å². The molecule has 0 aliphatic carbocycles. The van der Waals surface area contributed by atoms with Crippen LogP contribution in [-0.4, -0.2) is 18.1 Å². The lowest BCUT2D eigenvalue weighted by molar-refractivity contribution is -0.122. The predicted molar refractivity (Wildman–Crippen MR) is 62.9 cm³/mol. The number of carbonyl (C=O) groups is 1. The molecular weight excluding hydrogens is 242 g/mol. The first-order valence-corrected chi connectivity index (χ1v) is 5.50. The first-order chi connectivity index (χ1) is 8.34. The molecule has 1 aromatic carbocycles. The lowest BCUT2D eigenvalue weighted by Crippen LogP contribution is -2.49. The molecule has 0 saturated carbocycles. The average Bonchev–Trinajstić information content (AvgIpc) is 2.29. The van der Waals surface area contributed by atoms with Crippen LogP contribution in [0.25, 0.3) is 0 Å². The first kappa shape index (κ1) is 14.4. The van der Waals surface area contributed by atoms with Gasteiger partial charge in [-0.15, -0.1) is 0 Å². The van der Waals surface area contributed by atoms with Crippen LogP contribution in [0, 0.1) is 11.6 Å². The third-order valence-electron chi connectivity index (χ3n) is 2.58. The van der Waals surface area contributed by atoms with E-state index in [-0.39, 0.29) is 12.4 Å². The van der Waals surface area contributed by atoms with E-state index in [1.165, 1.54) is 19.1 Å². The Bertz CT molecular complexity index is 436. The molecule has 100 valence electrons. The van der Waals surface area contributed by atoms with Gasteiger partial charge in [-0.2, -0.15) is 4.39 Å². The fourth-order valence-electron chi connectivity index (χ4n) is 1.34. The minimum absolute atomic E-state index is 0.125. The summed E-state index contributed by atoms with van der Waals surface area (Å²) in [6, 6.07) is 3.69. The normalized spacial score (nSPS) is 14.0. The molecule has 0 aliphatic heterocycles. The van der Waals surface area contributed by atoms with Gasteiger partial charge >= 0.3 is 0 Å². The number of hydrogen-bond donors (Lipinski definition) is 2. The van der Waals surface area contributed by atoms with Crippen LogP contribution in [0.1, 0.15) is 19.8 Å². The van der Waals surface area contributed by atoms with Gasteiger partial charge in [0.2, 0.25) is 11.7 Å². The maximum Gasteiger partial charge on any atom is 0.237 e. The summed E-state index contributed by atoms with van der Waals surface area (Å²) in [4.78, 5) is 10.9. The van der Waals surface area contributed by atoms with Crippen LogP contribution in [-0.2, 0) is 4.79 Å². The molecule has 0 fully saturated rings. The van der Waals surface area contributed by atoms with Gasteiger partial charge in [-0.25, -0.2) is 4.39 Å². The summed E-state index contributed by atoms with van der Waals surface area (Å²) in [6.07, 6.45) is 0.713. The van der Waals surface area contributed by atoms with Gasteiger partial charge in [0.15, 0.2) is 11.6 Å². The molecule has 4 N–H and O–H groups in total. The molecule has 0 spiro atoms. The van der Waals surface area contributed by atoms with E-state index in [2.05, 4.69) is 0 Å². The van der Waals surface area contributed by atoms with E-state index in [1.54, 1.807) is 0 Å². The molecule has 4 nitrogen and oxygen atoms in total. The Morgan fingerprint density at radius 3 is 2.72 bits per heavy atom. The van der Waals surface area contributed by atoms with E-state index in [1.807, 2.05) is 0 Å². The van der Waals surface area contributed by atoms with Crippen molar-refractivity contribution in [2.24, 2.45) is 11.5 Å². The topological polar surface area (TPSA) is 78.3 Å². The van der Waals surface area contributed by atoms with Crippen LogP contribution in [0.15, 0.2) is 18.2 Å². The van der Waals surface area contributed by atoms with Gasteiger partial charge in [0.1, 0.15) is 0 Å². The molecule has 1 amide bonds. The Balaban J connectivity index is 2.43. The van der Waals surface area contributed by atoms with Crippen molar-refractivity contribution in [2.45, 2.75) is 25.3 Å². The standard InChI is InChI=1S/C12H16F2N2O2/c1-12(16,11(15)17)6-3-7-18-9-5-2-4-8(13)10(9)14/h2,4-5H,3,6-7,16H2,1H3,(H2,15,17). The molecular formula is C12H16F2N2O2. The highest BCUT2D eigenvalue weighted by molar-refractivity contribution is 5.83. The van der Waals surface area contributed by atoms with Crippen LogP contribution in [0.4, 0.5) is 8.78 Å². The third-order valence-corrected chi connectivity index (χ3v) is 2.58. The number of carbonyl (C=O) groups excluding carboxylic acids is 1. The van der Waals surface area contributed by atoms with Gasteiger partial charge in [0.25, 0.3) is 0 Å². The molecule has 0 heterocycles. The average molecular weight is 258 g/mol. The highest BCUT2D eigenvalue weighted by Crippen LogP contribution is 2.19. The van der Waals surface area contributed by atoms with Gasteiger partial charge in [-0.1, -0.05) is 6.07 Å². The van der Waals surface area contributed by atoms with Crippen molar-refractivity contribution in [1.29, 1.82) is 0 Å². The molecule has 0 radical (unpaired) electrons. The molecule has 0 saturated heterocycles. The van der Waals surface area contributed by atoms with E-state index < -0.39 is 23.1 Å². The molecule has 1 atom stereocenters. The highest BCUT2D eigenvalue weighted by atomic mass is 19.2. The summed E-state index contributed by atoms with van der Waals surface area (Å²) in [6.45, 7) is 1.64. The van der Waals surface area contributed by atoms with Crippen molar-refractivity contribution in [3.63, 3.8) is 0 Å². The third kappa shape index (κ3) is 3.66. The van der Waals surface area contributed by atoms with Crippen LogP contribution in [0.3, 0.4) is 0 Å². The summed E-state index contributed by atoms with van der Waals surface area (Å²) in [7, 11) is 0. The van der Waals surface area contributed by atoms with Gasteiger partial charge in [-0.3, -0.25) is 4.79 Å². The van der Waals surface area contributed by atoms with Gasteiger partial charge in [0, 0.05) is 0 Å². The molecule has 1 rings (SSSR count). The molecule has 0 aromatic heterocycles. The molecule has 1 aromatic rings. The smallest absolute Gasteiger partial charge is 0.237 e. The number of hydrogen-bond acceptors (Lipinski definition) is 3. The van der Waals surface area contributed by atoms with Crippen molar-refractivity contribution in [2.75, 3.05) is 6.61 Å². The summed E-state index contributed by atoms with van der Waals surface area (Å²) < 4.78 is 31.1. The van der Waals surface area contributed by atoms with E-state index in [4.69, 9.17) is 16.2 Å². The fraction of sp³-hybridized carbons (Fsp3) is 0.417. The van der Waals surface area contributed by atoms with Crippen molar-refractivity contribution >= 4 is 5.91 Å². The number of nitrogens with two attached hydrogens (primary N) is 2. The lowest BCUT2D eigenvalue weighted by Gasteiger charge is -2.20. The number of primary amides is 1. The second kappa shape index (κ2) is 5.77. The van der Waals surface area contributed by atoms with Crippen LogP contribution < -0.4 is 16.2 Å². The Kier molecular flexibility index (Phi) is 4.61. The number of rotatable bonds is 6. The predicted octanol–water partition coefficient (Wildman–Crippen LogP) is 1.33. The summed E-state index contributed by atoms with van der Waals surface area (Å²) in [5, 5.41) is 0. The molecule has 0 aliphatic rings. The van der Waals surface area contributed by atoms with E-state index in [9.17, 15) is 13.6 Å².